The number of nitriles is 2. The molecule has 0 aliphatic carbocycles. The molecule has 0 aliphatic rings. The van der Waals surface area contributed by atoms with Crippen LogP contribution < -0.4 is 11.5 Å². The van der Waals surface area contributed by atoms with E-state index in [4.69, 9.17) is 22.0 Å². The molecule has 0 aromatic heterocycles. The van der Waals surface area contributed by atoms with E-state index in [1.807, 2.05) is 19.1 Å². The molecular formula is C9H18N4. The molecule has 0 aromatic rings. The summed E-state index contributed by atoms with van der Waals surface area (Å²) < 4.78 is 0. The van der Waals surface area contributed by atoms with Crippen molar-refractivity contribution in [3.8, 4) is 12.1 Å². The Hall–Kier alpha value is -1.10. The van der Waals surface area contributed by atoms with Gasteiger partial charge in [0.25, 0.3) is 0 Å². The van der Waals surface area contributed by atoms with Crippen molar-refractivity contribution in [3.05, 3.63) is 0 Å². The molecule has 0 rings (SSSR count). The van der Waals surface area contributed by atoms with Gasteiger partial charge in [0, 0.05) is 0 Å². The molecule has 74 valence electrons. The third kappa shape index (κ3) is 13.8. The third-order valence-electron chi connectivity index (χ3n) is 1.28. The topological polar surface area (TPSA) is 99.6 Å². The lowest BCUT2D eigenvalue weighted by atomic mass is 10.0. The van der Waals surface area contributed by atoms with Gasteiger partial charge in [-0.1, -0.05) is 6.92 Å². The monoisotopic (exact) mass is 182 g/mol. The fourth-order valence-electron chi connectivity index (χ4n) is 0.0791. The van der Waals surface area contributed by atoms with Gasteiger partial charge in [0.15, 0.2) is 0 Å². The van der Waals surface area contributed by atoms with Gasteiger partial charge < -0.3 is 11.5 Å². The highest BCUT2D eigenvalue weighted by Gasteiger charge is 2.11. The zero-order valence-electron chi connectivity index (χ0n) is 8.76. The summed E-state index contributed by atoms with van der Waals surface area (Å²) in [5.41, 5.74) is 9.26. The van der Waals surface area contributed by atoms with Crippen LogP contribution in [0.15, 0.2) is 0 Å². The van der Waals surface area contributed by atoms with Crippen molar-refractivity contribution in [2.24, 2.45) is 11.5 Å². The first-order valence-electron chi connectivity index (χ1n) is 4.09. The molecule has 0 heterocycles. The van der Waals surface area contributed by atoms with Gasteiger partial charge in [-0.25, -0.2) is 0 Å². The maximum atomic E-state index is 8.22. The zero-order chi connectivity index (χ0) is 11.1. The highest BCUT2D eigenvalue weighted by molar-refractivity contribution is 4.99. The number of rotatable bonds is 1. The summed E-state index contributed by atoms with van der Waals surface area (Å²) in [6.45, 7) is 6.93. The Morgan fingerprint density at radius 2 is 1.38 bits per heavy atom. The summed E-state index contributed by atoms with van der Waals surface area (Å²) in [5, 5.41) is 16.2. The second-order valence-corrected chi connectivity index (χ2v) is 3.72. The fourth-order valence-corrected chi connectivity index (χ4v) is 0.0791. The second kappa shape index (κ2) is 5.53. The SMILES string of the molecule is CC(C)(N)C#N.CCC(C)(N)C#N. The highest BCUT2D eigenvalue weighted by Crippen LogP contribution is 1.99. The van der Waals surface area contributed by atoms with Crippen LogP contribution in [0.4, 0.5) is 0 Å². The molecule has 0 aromatic carbocycles. The molecule has 0 aliphatic heterocycles. The first kappa shape index (κ1) is 14.4. The van der Waals surface area contributed by atoms with Gasteiger partial charge in [0.05, 0.1) is 17.7 Å². The van der Waals surface area contributed by atoms with Gasteiger partial charge in [0.1, 0.15) is 5.54 Å². The molecule has 0 fully saturated rings. The smallest absolute Gasteiger partial charge is 0.101 e. The Kier molecular flexibility index (Phi) is 6.14. The van der Waals surface area contributed by atoms with E-state index in [2.05, 4.69) is 0 Å². The molecule has 0 saturated heterocycles. The van der Waals surface area contributed by atoms with E-state index in [1.54, 1.807) is 20.8 Å². The molecule has 0 radical (unpaired) electrons. The Bertz CT molecular complexity index is 211. The van der Waals surface area contributed by atoms with E-state index in [9.17, 15) is 0 Å². The molecule has 4 N–H and O–H groups in total. The number of nitrogens with two attached hydrogens (primary N) is 2. The van der Waals surface area contributed by atoms with Gasteiger partial charge in [-0.2, -0.15) is 10.5 Å². The quantitative estimate of drug-likeness (QED) is 0.628. The largest absolute Gasteiger partial charge is 0.314 e. The minimum Gasteiger partial charge on any atom is -0.314 e. The average molecular weight is 182 g/mol. The van der Waals surface area contributed by atoms with Crippen LogP contribution in [0.5, 0.6) is 0 Å². The van der Waals surface area contributed by atoms with Gasteiger partial charge in [-0.15, -0.1) is 0 Å². The zero-order valence-corrected chi connectivity index (χ0v) is 8.76. The average Bonchev–Trinajstić information content (AvgIpc) is 2.04. The summed E-state index contributed by atoms with van der Waals surface area (Å²) in [6.07, 6.45) is 0.712. The van der Waals surface area contributed by atoms with Crippen LogP contribution in [0.2, 0.25) is 0 Å². The summed E-state index contributed by atoms with van der Waals surface area (Å²) in [7, 11) is 0. The Morgan fingerprint density at radius 3 is 1.38 bits per heavy atom. The maximum absolute atomic E-state index is 8.22. The minimum absolute atomic E-state index is 0.611. The second-order valence-electron chi connectivity index (χ2n) is 3.72. The minimum atomic E-state index is -0.653. The van der Waals surface area contributed by atoms with Gasteiger partial charge >= 0.3 is 0 Å². The molecule has 0 saturated carbocycles. The molecule has 0 amide bonds. The lowest BCUT2D eigenvalue weighted by molar-refractivity contribution is 0.578. The van der Waals surface area contributed by atoms with Crippen LogP contribution in [-0.2, 0) is 0 Å². The Morgan fingerprint density at radius 1 is 1.08 bits per heavy atom. The molecule has 0 spiro atoms. The molecule has 1 unspecified atom stereocenters. The van der Waals surface area contributed by atoms with Gasteiger partial charge in [-0.05, 0) is 27.2 Å². The normalized spacial score (nSPS) is 14.2. The summed E-state index contributed by atoms with van der Waals surface area (Å²) in [6, 6.07) is 3.85. The lowest BCUT2D eigenvalue weighted by Gasteiger charge is -2.09. The maximum Gasteiger partial charge on any atom is 0.101 e. The van der Waals surface area contributed by atoms with E-state index in [0.29, 0.717) is 6.42 Å². The number of hydrogen-bond acceptors (Lipinski definition) is 4. The molecule has 13 heavy (non-hydrogen) atoms. The van der Waals surface area contributed by atoms with Crippen molar-refractivity contribution < 1.29 is 0 Å². The molecule has 0 bridgehead atoms. The van der Waals surface area contributed by atoms with Crippen LogP contribution in [0.1, 0.15) is 34.1 Å². The van der Waals surface area contributed by atoms with Crippen molar-refractivity contribution in [2.75, 3.05) is 0 Å². The van der Waals surface area contributed by atoms with Crippen molar-refractivity contribution in [1.82, 2.24) is 0 Å². The lowest BCUT2D eigenvalue weighted by Crippen LogP contribution is -2.32. The van der Waals surface area contributed by atoms with E-state index < -0.39 is 11.1 Å². The summed E-state index contributed by atoms with van der Waals surface area (Å²) >= 11 is 0. The van der Waals surface area contributed by atoms with Crippen LogP contribution in [0.3, 0.4) is 0 Å². The van der Waals surface area contributed by atoms with E-state index >= 15 is 0 Å². The summed E-state index contributed by atoms with van der Waals surface area (Å²) in [4.78, 5) is 0. The third-order valence-corrected chi connectivity index (χ3v) is 1.28. The van der Waals surface area contributed by atoms with Crippen molar-refractivity contribution >= 4 is 0 Å². The van der Waals surface area contributed by atoms with Crippen LogP contribution >= 0.6 is 0 Å². The molecule has 4 nitrogen and oxygen atoms in total. The number of hydrogen-bond donors (Lipinski definition) is 2. The number of nitrogens with zero attached hydrogens (tertiary/aromatic N) is 2. The van der Waals surface area contributed by atoms with Gasteiger partial charge in [0.2, 0.25) is 0 Å². The predicted molar refractivity (Wildman–Crippen MR) is 52.4 cm³/mol. The van der Waals surface area contributed by atoms with Crippen molar-refractivity contribution in [3.63, 3.8) is 0 Å². The van der Waals surface area contributed by atoms with E-state index in [-0.39, 0.29) is 0 Å². The Balaban J connectivity index is 0. The Labute approximate surface area is 80.1 Å². The summed E-state index contributed by atoms with van der Waals surface area (Å²) in [5.74, 6) is 0. The van der Waals surface area contributed by atoms with Crippen LogP contribution in [0.25, 0.3) is 0 Å². The standard InChI is InChI=1S/C5H10N2.C4H8N2/c1-3-5(2,7)4-6;1-4(2,6)3-5/h3,7H2,1-2H3;6H2,1-2H3. The first-order valence-corrected chi connectivity index (χ1v) is 4.09. The van der Waals surface area contributed by atoms with Gasteiger partial charge in [-0.3, -0.25) is 0 Å². The highest BCUT2D eigenvalue weighted by atomic mass is 14.7. The molecule has 1 atom stereocenters. The van der Waals surface area contributed by atoms with Crippen LogP contribution in [0, 0.1) is 22.7 Å². The van der Waals surface area contributed by atoms with E-state index in [1.165, 1.54) is 0 Å². The van der Waals surface area contributed by atoms with Crippen molar-refractivity contribution in [2.45, 2.75) is 45.2 Å². The molecule has 4 heteroatoms. The molecular weight excluding hydrogens is 164 g/mol. The van der Waals surface area contributed by atoms with Crippen molar-refractivity contribution in [1.29, 1.82) is 10.5 Å². The fraction of sp³-hybridized carbons (Fsp3) is 0.778. The predicted octanol–water partition coefficient (Wildman–Crippen LogP) is 0.885. The van der Waals surface area contributed by atoms with Crippen LogP contribution in [-0.4, -0.2) is 11.1 Å². The first-order chi connectivity index (χ1) is 5.68. The van der Waals surface area contributed by atoms with E-state index in [0.717, 1.165) is 0 Å².